The summed E-state index contributed by atoms with van der Waals surface area (Å²) in [5, 5.41) is 3.11. The van der Waals surface area contributed by atoms with E-state index in [9.17, 15) is 13.2 Å². The van der Waals surface area contributed by atoms with Gasteiger partial charge in [0.15, 0.2) is 0 Å². The molecule has 23 heavy (non-hydrogen) atoms. The molecule has 1 aromatic rings. The normalized spacial score (nSPS) is 12.7. The fourth-order valence-electron chi connectivity index (χ4n) is 2.22. The lowest BCUT2D eigenvalue weighted by Gasteiger charge is -2.15. The van der Waals surface area contributed by atoms with Crippen molar-refractivity contribution in [2.75, 3.05) is 17.5 Å². The van der Waals surface area contributed by atoms with Crippen molar-refractivity contribution in [2.24, 2.45) is 5.92 Å². The third kappa shape index (κ3) is 7.22. The van der Waals surface area contributed by atoms with Crippen LogP contribution in [0.5, 0.6) is 0 Å². The molecule has 5 nitrogen and oxygen atoms in total. The van der Waals surface area contributed by atoms with E-state index in [1.54, 1.807) is 6.07 Å². The predicted molar refractivity (Wildman–Crippen MR) is 95.6 cm³/mol. The maximum Gasteiger partial charge on any atom is 0.251 e. The van der Waals surface area contributed by atoms with Crippen molar-refractivity contribution < 1.29 is 13.2 Å². The largest absolute Gasteiger partial charge is 0.352 e. The number of amides is 1. The smallest absolute Gasteiger partial charge is 0.251 e. The standard InChI is InChI=1S/C16H25ClN2O3S/c1-4-6-7-12(5-2)11-18-16(20)13-8-9-15(14(17)10-13)19-23(3,21)22/h8-10,12,19H,4-7,11H2,1-3H3,(H,18,20). The number of hydrogen-bond donors (Lipinski definition) is 2. The first-order valence-corrected chi connectivity index (χ1v) is 10.1. The van der Waals surface area contributed by atoms with E-state index in [0.717, 1.165) is 31.9 Å². The summed E-state index contributed by atoms with van der Waals surface area (Å²) in [5.41, 5.74) is 0.680. The second kappa shape index (κ2) is 9.13. The van der Waals surface area contributed by atoms with Gasteiger partial charge >= 0.3 is 0 Å². The molecule has 0 saturated heterocycles. The van der Waals surface area contributed by atoms with Crippen molar-refractivity contribution in [1.82, 2.24) is 5.32 Å². The lowest BCUT2D eigenvalue weighted by Crippen LogP contribution is -2.29. The molecule has 2 N–H and O–H groups in total. The highest BCUT2D eigenvalue weighted by Gasteiger charge is 2.13. The Bertz CT molecular complexity index is 632. The van der Waals surface area contributed by atoms with Gasteiger partial charge in [0.2, 0.25) is 10.0 Å². The number of benzene rings is 1. The number of carbonyl (C=O) groups excluding carboxylic acids is 1. The van der Waals surface area contributed by atoms with Crippen molar-refractivity contribution >= 4 is 33.2 Å². The molecule has 130 valence electrons. The Morgan fingerprint density at radius 1 is 1.30 bits per heavy atom. The van der Waals surface area contributed by atoms with E-state index in [1.807, 2.05) is 0 Å². The molecule has 0 aliphatic carbocycles. The Morgan fingerprint density at radius 2 is 2.00 bits per heavy atom. The molecule has 7 heteroatoms. The van der Waals surface area contributed by atoms with Gasteiger partial charge in [0.05, 0.1) is 17.0 Å². The summed E-state index contributed by atoms with van der Waals surface area (Å²) in [5.74, 6) is 0.272. The quantitative estimate of drug-likeness (QED) is 0.705. The number of sulfonamides is 1. The van der Waals surface area contributed by atoms with Crippen LogP contribution in [-0.2, 0) is 10.0 Å². The molecule has 0 spiro atoms. The first-order chi connectivity index (χ1) is 10.8. The van der Waals surface area contributed by atoms with Crippen LogP contribution in [0.15, 0.2) is 18.2 Å². The average Bonchev–Trinajstić information content (AvgIpc) is 2.48. The maximum atomic E-state index is 12.2. The Morgan fingerprint density at radius 3 is 2.52 bits per heavy atom. The van der Waals surface area contributed by atoms with E-state index >= 15 is 0 Å². The first kappa shape index (κ1) is 19.8. The van der Waals surface area contributed by atoms with Crippen molar-refractivity contribution in [1.29, 1.82) is 0 Å². The Balaban J connectivity index is 2.68. The van der Waals surface area contributed by atoms with Crippen molar-refractivity contribution in [2.45, 2.75) is 39.5 Å². The molecule has 0 aliphatic rings. The number of nitrogens with one attached hydrogen (secondary N) is 2. The summed E-state index contributed by atoms with van der Waals surface area (Å²) in [6.45, 7) is 4.91. The minimum atomic E-state index is -3.40. The lowest BCUT2D eigenvalue weighted by atomic mass is 9.99. The second-order valence-corrected chi connectivity index (χ2v) is 7.85. The summed E-state index contributed by atoms with van der Waals surface area (Å²) in [6.07, 6.45) is 5.48. The van der Waals surface area contributed by atoms with Crippen molar-refractivity contribution in [3.63, 3.8) is 0 Å². The molecular weight excluding hydrogens is 336 g/mol. The van der Waals surface area contributed by atoms with Gasteiger partial charge in [-0.15, -0.1) is 0 Å². The monoisotopic (exact) mass is 360 g/mol. The molecule has 1 amide bonds. The number of anilines is 1. The van der Waals surface area contributed by atoms with Crippen molar-refractivity contribution in [3.8, 4) is 0 Å². The van der Waals surface area contributed by atoms with E-state index < -0.39 is 10.0 Å². The zero-order valence-electron chi connectivity index (χ0n) is 13.9. The maximum absolute atomic E-state index is 12.2. The third-order valence-electron chi connectivity index (χ3n) is 3.62. The van der Waals surface area contributed by atoms with Crippen molar-refractivity contribution in [3.05, 3.63) is 28.8 Å². The van der Waals surface area contributed by atoms with Gasteiger partial charge in [-0.1, -0.05) is 44.7 Å². The molecule has 0 aliphatic heterocycles. The van der Waals surface area contributed by atoms with Crippen LogP contribution in [0.3, 0.4) is 0 Å². The highest BCUT2D eigenvalue weighted by Crippen LogP contribution is 2.24. The van der Waals surface area contributed by atoms with Crippen LogP contribution in [-0.4, -0.2) is 27.1 Å². The van der Waals surface area contributed by atoms with Gasteiger partial charge in [0.25, 0.3) is 5.91 Å². The van der Waals surface area contributed by atoms with Gasteiger partial charge in [-0.2, -0.15) is 0 Å². The Kier molecular flexibility index (Phi) is 7.85. The number of halogens is 1. The SMILES string of the molecule is CCCCC(CC)CNC(=O)c1ccc(NS(C)(=O)=O)c(Cl)c1. The topological polar surface area (TPSA) is 75.3 Å². The van der Waals surface area contributed by atoms with E-state index in [2.05, 4.69) is 23.9 Å². The highest BCUT2D eigenvalue weighted by molar-refractivity contribution is 7.92. The second-order valence-electron chi connectivity index (χ2n) is 5.70. The molecule has 1 atom stereocenters. The molecular formula is C16H25ClN2O3S. The van der Waals surface area contributed by atoms with Gasteiger partial charge in [-0.05, 0) is 30.5 Å². The number of hydrogen-bond acceptors (Lipinski definition) is 3. The van der Waals surface area contributed by atoms with Crippen LogP contribution in [0.4, 0.5) is 5.69 Å². The van der Waals surface area contributed by atoms with Gasteiger partial charge in [-0.3, -0.25) is 9.52 Å². The van der Waals surface area contributed by atoms with Crippen LogP contribution >= 0.6 is 11.6 Å². The fourth-order valence-corrected chi connectivity index (χ4v) is 3.08. The fraction of sp³-hybridized carbons (Fsp3) is 0.562. The minimum Gasteiger partial charge on any atom is -0.352 e. The number of carbonyl (C=O) groups is 1. The van der Waals surface area contributed by atoms with Gasteiger partial charge in [-0.25, -0.2) is 8.42 Å². The predicted octanol–water partition coefficient (Wildman–Crippen LogP) is 3.66. The van der Waals surface area contributed by atoms with Crippen LogP contribution in [0, 0.1) is 5.92 Å². The summed E-state index contributed by atoms with van der Waals surface area (Å²) < 4.78 is 24.7. The first-order valence-electron chi connectivity index (χ1n) is 7.82. The van der Waals surface area contributed by atoms with E-state index in [4.69, 9.17) is 11.6 Å². The molecule has 0 aromatic heterocycles. The van der Waals surface area contributed by atoms with Crippen LogP contribution in [0.25, 0.3) is 0 Å². The minimum absolute atomic E-state index is 0.195. The summed E-state index contributed by atoms with van der Waals surface area (Å²) in [6, 6.07) is 4.52. The molecule has 0 radical (unpaired) electrons. The molecule has 0 bridgehead atoms. The molecule has 1 unspecified atom stereocenters. The third-order valence-corrected chi connectivity index (χ3v) is 4.52. The Labute approximate surface area is 143 Å². The lowest BCUT2D eigenvalue weighted by molar-refractivity contribution is 0.0946. The number of rotatable bonds is 9. The summed E-state index contributed by atoms with van der Waals surface area (Å²) >= 11 is 6.03. The molecule has 0 heterocycles. The van der Waals surface area contributed by atoms with E-state index in [1.165, 1.54) is 12.1 Å². The highest BCUT2D eigenvalue weighted by atomic mass is 35.5. The zero-order valence-corrected chi connectivity index (χ0v) is 15.4. The average molecular weight is 361 g/mol. The van der Waals surface area contributed by atoms with E-state index in [0.29, 0.717) is 18.0 Å². The van der Waals surface area contributed by atoms with Crippen LogP contribution < -0.4 is 10.0 Å². The van der Waals surface area contributed by atoms with Crippen LogP contribution in [0.1, 0.15) is 49.9 Å². The summed E-state index contributed by atoms with van der Waals surface area (Å²) in [7, 11) is -3.40. The van der Waals surface area contributed by atoms with Gasteiger partial charge in [0, 0.05) is 12.1 Å². The Hall–Kier alpha value is -1.27. The molecule has 1 aromatic carbocycles. The zero-order chi connectivity index (χ0) is 17.5. The van der Waals surface area contributed by atoms with E-state index in [-0.39, 0.29) is 16.6 Å². The van der Waals surface area contributed by atoms with Gasteiger partial charge in [0.1, 0.15) is 0 Å². The summed E-state index contributed by atoms with van der Waals surface area (Å²) in [4.78, 5) is 12.2. The van der Waals surface area contributed by atoms with Crippen LogP contribution in [0.2, 0.25) is 5.02 Å². The number of unbranched alkanes of at least 4 members (excludes halogenated alkanes) is 1. The molecule has 1 rings (SSSR count). The molecule has 0 fully saturated rings. The molecule has 0 saturated carbocycles. The van der Waals surface area contributed by atoms with Gasteiger partial charge < -0.3 is 5.32 Å².